The molecule has 1 N–H and O–H groups in total. The third kappa shape index (κ3) is 3.49. The van der Waals surface area contributed by atoms with Crippen LogP contribution in [0.1, 0.15) is 12.8 Å². The Morgan fingerprint density at radius 3 is 2.88 bits per heavy atom. The molecule has 0 spiro atoms. The average Bonchev–Trinajstić information content (AvgIpc) is 2.29. The van der Waals surface area contributed by atoms with Crippen molar-refractivity contribution in [2.45, 2.75) is 12.8 Å². The zero-order chi connectivity index (χ0) is 12.0. The first-order chi connectivity index (χ1) is 7.65. The van der Waals surface area contributed by atoms with Crippen LogP contribution in [0, 0.1) is 11.6 Å². The van der Waals surface area contributed by atoms with Crippen LogP contribution >= 0.6 is 0 Å². The number of benzene rings is 1. The molecule has 16 heavy (non-hydrogen) atoms. The maximum Gasteiger partial charge on any atom is 0.305 e. The molecule has 0 amide bonds. The lowest BCUT2D eigenvalue weighted by atomic mass is 10.2. The van der Waals surface area contributed by atoms with Crippen LogP contribution in [0.2, 0.25) is 0 Å². The molecular formula is C11H13F2NO2. The van der Waals surface area contributed by atoms with Crippen LogP contribution < -0.4 is 5.32 Å². The second-order valence-electron chi connectivity index (χ2n) is 3.21. The zero-order valence-corrected chi connectivity index (χ0v) is 8.93. The summed E-state index contributed by atoms with van der Waals surface area (Å²) < 4.78 is 30.4. The quantitative estimate of drug-likeness (QED) is 0.622. The number of rotatable bonds is 5. The van der Waals surface area contributed by atoms with Gasteiger partial charge in [-0.05, 0) is 18.6 Å². The van der Waals surface area contributed by atoms with E-state index < -0.39 is 11.6 Å². The third-order valence-corrected chi connectivity index (χ3v) is 2.05. The van der Waals surface area contributed by atoms with Gasteiger partial charge in [0.15, 0.2) is 11.6 Å². The Kier molecular flexibility index (Phi) is 4.69. The van der Waals surface area contributed by atoms with E-state index in [4.69, 9.17) is 0 Å². The van der Waals surface area contributed by atoms with Crippen LogP contribution in [0.15, 0.2) is 18.2 Å². The van der Waals surface area contributed by atoms with Crippen LogP contribution in [-0.4, -0.2) is 19.6 Å². The Morgan fingerprint density at radius 1 is 1.44 bits per heavy atom. The number of carbonyl (C=O) groups is 1. The molecule has 0 aliphatic rings. The highest BCUT2D eigenvalue weighted by Gasteiger charge is 2.06. The van der Waals surface area contributed by atoms with Gasteiger partial charge in [0.25, 0.3) is 0 Å². The smallest absolute Gasteiger partial charge is 0.305 e. The summed E-state index contributed by atoms with van der Waals surface area (Å²) >= 11 is 0. The Labute approximate surface area is 92.4 Å². The Morgan fingerprint density at radius 2 is 2.19 bits per heavy atom. The first kappa shape index (κ1) is 12.4. The fraction of sp³-hybridized carbons (Fsp3) is 0.364. The molecule has 5 heteroatoms. The van der Waals surface area contributed by atoms with Crippen molar-refractivity contribution in [1.29, 1.82) is 0 Å². The fourth-order valence-corrected chi connectivity index (χ4v) is 1.20. The molecule has 0 aromatic heterocycles. The Balaban J connectivity index is 2.38. The molecule has 0 radical (unpaired) electrons. The lowest BCUT2D eigenvalue weighted by molar-refractivity contribution is -0.140. The Bertz CT molecular complexity index is 369. The monoisotopic (exact) mass is 229 g/mol. The van der Waals surface area contributed by atoms with E-state index in [2.05, 4.69) is 10.1 Å². The van der Waals surface area contributed by atoms with Crippen molar-refractivity contribution in [3.05, 3.63) is 29.8 Å². The summed E-state index contributed by atoms with van der Waals surface area (Å²) in [4.78, 5) is 10.8. The minimum absolute atomic E-state index is 0.102. The summed E-state index contributed by atoms with van der Waals surface area (Å²) in [5.41, 5.74) is 0.102. The van der Waals surface area contributed by atoms with E-state index >= 15 is 0 Å². The van der Waals surface area contributed by atoms with Crippen molar-refractivity contribution in [2.24, 2.45) is 0 Å². The van der Waals surface area contributed by atoms with Gasteiger partial charge in [0, 0.05) is 13.0 Å². The number of halogens is 2. The number of hydrogen-bond acceptors (Lipinski definition) is 3. The number of nitrogens with one attached hydrogen (secondary N) is 1. The van der Waals surface area contributed by atoms with Crippen LogP contribution in [-0.2, 0) is 9.53 Å². The van der Waals surface area contributed by atoms with Gasteiger partial charge in [-0.1, -0.05) is 6.07 Å². The van der Waals surface area contributed by atoms with E-state index in [9.17, 15) is 13.6 Å². The van der Waals surface area contributed by atoms with E-state index in [-0.39, 0.29) is 18.1 Å². The van der Waals surface area contributed by atoms with E-state index in [1.165, 1.54) is 19.2 Å². The maximum absolute atomic E-state index is 13.1. The van der Waals surface area contributed by atoms with Gasteiger partial charge in [-0.25, -0.2) is 8.78 Å². The van der Waals surface area contributed by atoms with Gasteiger partial charge in [0.05, 0.1) is 12.8 Å². The van der Waals surface area contributed by atoms with Crippen LogP contribution in [0.25, 0.3) is 0 Å². The van der Waals surface area contributed by atoms with Crippen molar-refractivity contribution in [3.8, 4) is 0 Å². The van der Waals surface area contributed by atoms with Gasteiger partial charge in [-0.15, -0.1) is 0 Å². The first-order valence-electron chi connectivity index (χ1n) is 4.90. The molecule has 0 aliphatic carbocycles. The number of esters is 1. The second-order valence-corrected chi connectivity index (χ2v) is 3.21. The minimum Gasteiger partial charge on any atom is -0.469 e. The standard InChI is InChI=1S/C11H13F2NO2/c1-16-10(15)6-3-7-14-9-5-2-4-8(12)11(9)13/h2,4-5,14H,3,6-7H2,1H3. The van der Waals surface area contributed by atoms with Crippen molar-refractivity contribution >= 4 is 11.7 Å². The second kappa shape index (κ2) is 6.05. The van der Waals surface area contributed by atoms with Crippen molar-refractivity contribution in [3.63, 3.8) is 0 Å². The van der Waals surface area contributed by atoms with Crippen molar-refractivity contribution < 1.29 is 18.3 Å². The molecule has 3 nitrogen and oxygen atoms in total. The van der Waals surface area contributed by atoms with Gasteiger partial charge in [-0.2, -0.15) is 0 Å². The normalized spacial score (nSPS) is 9.94. The van der Waals surface area contributed by atoms with Gasteiger partial charge in [0.2, 0.25) is 0 Å². The van der Waals surface area contributed by atoms with Gasteiger partial charge in [-0.3, -0.25) is 4.79 Å². The number of carbonyl (C=O) groups excluding carboxylic acids is 1. The molecule has 0 saturated carbocycles. The summed E-state index contributed by atoms with van der Waals surface area (Å²) in [5.74, 6) is -2.11. The molecule has 1 aromatic carbocycles. The topological polar surface area (TPSA) is 38.3 Å². The number of hydrogen-bond donors (Lipinski definition) is 1. The number of ether oxygens (including phenoxy) is 1. The summed E-state index contributed by atoms with van der Waals surface area (Å²) in [6.07, 6.45) is 0.753. The molecule has 0 aliphatic heterocycles. The van der Waals surface area contributed by atoms with Crippen LogP contribution in [0.3, 0.4) is 0 Å². The molecule has 0 saturated heterocycles. The van der Waals surface area contributed by atoms with Crippen molar-refractivity contribution in [2.75, 3.05) is 19.0 Å². The van der Waals surface area contributed by atoms with E-state index in [1.807, 2.05) is 0 Å². The number of anilines is 1. The highest BCUT2D eigenvalue weighted by molar-refractivity contribution is 5.69. The molecule has 1 aromatic rings. The fourth-order valence-electron chi connectivity index (χ4n) is 1.20. The summed E-state index contributed by atoms with van der Waals surface area (Å²) in [5, 5.41) is 2.71. The summed E-state index contributed by atoms with van der Waals surface area (Å²) in [6, 6.07) is 3.91. The molecule has 0 unspecified atom stereocenters. The van der Waals surface area contributed by atoms with E-state index in [0.717, 1.165) is 6.07 Å². The molecule has 0 bridgehead atoms. The molecular weight excluding hydrogens is 216 g/mol. The first-order valence-corrected chi connectivity index (χ1v) is 4.90. The molecule has 0 heterocycles. The van der Waals surface area contributed by atoms with E-state index in [1.54, 1.807) is 0 Å². The van der Waals surface area contributed by atoms with Crippen molar-refractivity contribution in [1.82, 2.24) is 0 Å². The predicted molar refractivity (Wildman–Crippen MR) is 56.1 cm³/mol. The molecule has 88 valence electrons. The van der Waals surface area contributed by atoms with Crippen LogP contribution in [0.5, 0.6) is 0 Å². The largest absolute Gasteiger partial charge is 0.469 e. The predicted octanol–water partition coefficient (Wildman–Crippen LogP) is 2.33. The maximum atomic E-state index is 13.1. The molecule has 1 rings (SSSR count). The number of methoxy groups -OCH3 is 1. The van der Waals surface area contributed by atoms with Gasteiger partial charge >= 0.3 is 5.97 Å². The molecule has 0 fully saturated rings. The molecule has 0 atom stereocenters. The Hall–Kier alpha value is -1.65. The summed E-state index contributed by atoms with van der Waals surface area (Å²) in [7, 11) is 1.31. The minimum atomic E-state index is -0.902. The average molecular weight is 229 g/mol. The summed E-state index contributed by atoms with van der Waals surface area (Å²) in [6.45, 7) is 0.384. The zero-order valence-electron chi connectivity index (χ0n) is 8.93. The van der Waals surface area contributed by atoms with E-state index in [0.29, 0.717) is 13.0 Å². The van der Waals surface area contributed by atoms with Crippen LogP contribution in [0.4, 0.5) is 14.5 Å². The van der Waals surface area contributed by atoms with Gasteiger partial charge < -0.3 is 10.1 Å². The SMILES string of the molecule is COC(=O)CCCNc1cccc(F)c1F. The highest BCUT2D eigenvalue weighted by atomic mass is 19.2. The highest BCUT2D eigenvalue weighted by Crippen LogP contribution is 2.16. The van der Waals surface area contributed by atoms with Gasteiger partial charge in [0.1, 0.15) is 0 Å². The lowest BCUT2D eigenvalue weighted by Crippen LogP contribution is -2.08. The lowest BCUT2D eigenvalue weighted by Gasteiger charge is -2.07. The third-order valence-electron chi connectivity index (χ3n) is 2.05.